The third kappa shape index (κ3) is 3.01. The van der Waals surface area contributed by atoms with Crippen LogP contribution in [-0.2, 0) is 9.53 Å². The number of nitrogens with zero attached hydrogens (tertiary/aromatic N) is 1. The molecule has 1 N–H and O–H groups in total. The zero-order valence-electron chi connectivity index (χ0n) is 10.3. The van der Waals surface area contributed by atoms with Gasteiger partial charge in [0.2, 0.25) is 5.91 Å². The average Bonchev–Trinajstić information content (AvgIpc) is 2.42. The molecule has 0 aromatic heterocycles. The molecule has 1 fully saturated rings. The van der Waals surface area contributed by atoms with E-state index in [-0.39, 0.29) is 13.2 Å². The number of halogens is 3. The second kappa shape index (κ2) is 5.81. The molecule has 0 spiro atoms. The monoisotopic (exact) mass is 288 g/mol. The van der Waals surface area contributed by atoms with E-state index < -0.39 is 35.1 Å². The fourth-order valence-corrected chi connectivity index (χ4v) is 1.73. The Morgan fingerprint density at radius 3 is 2.75 bits per heavy atom. The zero-order chi connectivity index (χ0) is 14.7. The Labute approximate surface area is 112 Å². The number of hydrogen-bond acceptors (Lipinski definition) is 3. The topological polar surface area (TPSA) is 58.6 Å². The first-order chi connectivity index (χ1) is 9.49. The van der Waals surface area contributed by atoms with Crippen molar-refractivity contribution in [1.29, 1.82) is 0 Å². The minimum atomic E-state index is -1.67. The van der Waals surface area contributed by atoms with Gasteiger partial charge in [-0.3, -0.25) is 9.69 Å². The molecule has 1 heterocycles. The van der Waals surface area contributed by atoms with Crippen molar-refractivity contribution in [2.24, 2.45) is 0 Å². The Kier molecular flexibility index (Phi) is 4.11. The van der Waals surface area contributed by atoms with Crippen LogP contribution in [0, 0.1) is 17.5 Å². The normalized spacial score (nSPS) is 14.9. The summed E-state index contributed by atoms with van der Waals surface area (Å²) in [6.07, 6.45) is -0.0596. The summed E-state index contributed by atoms with van der Waals surface area (Å²) in [5.74, 6) is -5.23. The van der Waals surface area contributed by atoms with Crippen molar-refractivity contribution in [3.63, 3.8) is 0 Å². The van der Waals surface area contributed by atoms with E-state index in [1.807, 2.05) is 0 Å². The van der Waals surface area contributed by atoms with E-state index >= 15 is 0 Å². The molecule has 1 aromatic rings. The molecule has 2 rings (SSSR count). The van der Waals surface area contributed by atoms with Crippen molar-refractivity contribution >= 4 is 17.7 Å². The Hall–Kier alpha value is -2.25. The summed E-state index contributed by atoms with van der Waals surface area (Å²) < 4.78 is 43.8. The van der Waals surface area contributed by atoms with Gasteiger partial charge in [0.15, 0.2) is 17.5 Å². The second-order valence-electron chi connectivity index (χ2n) is 4.16. The van der Waals surface area contributed by atoms with E-state index in [2.05, 4.69) is 5.32 Å². The molecule has 2 amide bonds. The van der Waals surface area contributed by atoms with Crippen LogP contribution < -0.4 is 5.32 Å². The van der Waals surface area contributed by atoms with Gasteiger partial charge >= 0.3 is 6.09 Å². The van der Waals surface area contributed by atoms with Crippen LogP contribution in [0.15, 0.2) is 12.1 Å². The maximum Gasteiger partial charge on any atom is 0.410 e. The average molecular weight is 288 g/mol. The number of rotatable bonds is 3. The van der Waals surface area contributed by atoms with E-state index in [0.29, 0.717) is 19.0 Å². The van der Waals surface area contributed by atoms with Crippen molar-refractivity contribution < 1.29 is 27.5 Å². The minimum absolute atomic E-state index is 0.286. The molecule has 0 unspecified atom stereocenters. The van der Waals surface area contributed by atoms with Crippen molar-refractivity contribution in [3.05, 3.63) is 29.6 Å². The molecule has 1 saturated heterocycles. The molecule has 0 saturated carbocycles. The summed E-state index contributed by atoms with van der Waals surface area (Å²) in [6, 6.07) is 1.60. The number of hydrogen-bond donors (Lipinski definition) is 1. The largest absolute Gasteiger partial charge is 0.449 e. The first kappa shape index (κ1) is 14.2. The lowest BCUT2D eigenvalue weighted by molar-refractivity contribution is -0.117. The first-order valence-electron chi connectivity index (χ1n) is 5.84. The van der Waals surface area contributed by atoms with E-state index in [9.17, 15) is 22.8 Å². The highest BCUT2D eigenvalue weighted by atomic mass is 19.2. The van der Waals surface area contributed by atoms with E-state index in [1.165, 1.54) is 0 Å². The molecule has 5 nitrogen and oxygen atoms in total. The number of ether oxygens (including phenoxy) is 1. The summed E-state index contributed by atoms with van der Waals surface area (Å²) in [7, 11) is 0. The number of carbonyl (C=O) groups excluding carboxylic acids is 2. The highest BCUT2D eigenvalue weighted by Crippen LogP contribution is 2.19. The number of benzene rings is 1. The molecule has 0 bridgehead atoms. The SMILES string of the molecule is O=C(CN1CCCOC1=O)Nc1ccc(F)c(F)c1F. The molecule has 0 atom stereocenters. The molecule has 1 aliphatic rings. The summed E-state index contributed by atoms with van der Waals surface area (Å²) in [6.45, 7) is 0.276. The zero-order valence-corrected chi connectivity index (χ0v) is 10.3. The number of cyclic esters (lactones) is 1. The van der Waals surface area contributed by atoms with Crippen LogP contribution in [0.5, 0.6) is 0 Å². The van der Waals surface area contributed by atoms with Crippen LogP contribution in [0.2, 0.25) is 0 Å². The Morgan fingerprint density at radius 2 is 2.05 bits per heavy atom. The van der Waals surface area contributed by atoms with Crippen LogP contribution in [0.25, 0.3) is 0 Å². The summed E-state index contributed by atoms with van der Waals surface area (Å²) in [4.78, 5) is 24.1. The molecular weight excluding hydrogens is 277 g/mol. The maximum atomic E-state index is 13.3. The fourth-order valence-electron chi connectivity index (χ4n) is 1.73. The maximum absolute atomic E-state index is 13.3. The summed E-state index contributed by atoms with van der Waals surface area (Å²) >= 11 is 0. The van der Waals surface area contributed by atoms with Crippen LogP contribution in [0.3, 0.4) is 0 Å². The molecule has 0 radical (unpaired) electrons. The van der Waals surface area contributed by atoms with Gasteiger partial charge in [-0.25, -0.2) is 18.0 Å². The first-order valence-corrected chi connectivity index (χ1v) is 5.84. The van der Waals surface area contributed by atoms with Gasteiger partial charge in [-0.1, -0.05) is 0 Å². The molecule has 20 heavy (non-hydrogen) atoms. The third-order valence-electron chi connectivity index (χ3n) is 2.70. The van der Waals surface area contributed by atoms with Crippen molar-refractivity contribution in [2.75, 3.05) is 25.0 Å². The number of nitrogens with one attached hydrogen (secondary N) is 1. The standard InChI is InChI=1S/C12H11F3N2O3/c13-7-2-3-8(11(15)10(7)14)16-9(18)6-17-4-1-5-20-12(17)19/h2-3H,1,4-6H2,(H,16,18). The van der Waals surface area contributed by atoms with Crippen molar-refractivity contribution in [3.8, 4) is 0 Å². The van der Waals surface area contributed by atoms with Crippen LogP contribution >= 0.6 is 0 Å². The highest BCUT2D eigenvalue weighted by Gasteiger charge is 2.23. The van der Waals surface area contributed by atoms with Gasteiger partial charge in [0, 0.05) is 6.54 Å². The third-order valence-corrected chi connectivity index (χ3v) is 2.70. The lowest BCUT2D eigenvalue weighted by atomic mass is 10.2. The summed E-state index contributed by atoms with van der Waals surface area (Å²) in [5.41, 5.74) is -0.487. The minimum Gasteiger partial charge on any atom is -0.449 e. The van der Waals surface area contributed by atoms with Gasteiger partial charge in [-0.2, -0.15) is 0 Å². The van der Waals surface area contributed by atoms with Gasteiger partial charge in [-0.15, -0.1) is 0 Å². The molecule has 108 valence electrons. The lowest BCUT2D eigenvalue weighted by Gasteiger charge is -2.25. The van der Waals surface area contributed by atoms with Gasteiger partial charge < -0.3 is 10.1 Å². The van der Waals surface area contributed by atoms with Gasteiger partial charge in [0.25, 0.3) is 0 Å². The smallest absolute Gasteiger partial charge is 0.410 e. The van der Waals surface area contributed by atoms with Gasteiger partial charge in [0.1, 0.15) is 6.54 Å². The molecule has 8 heteroatoms. The van der Waals surface area contributed by atoms with Crippen molar-refractivity contribution in [2.45, 2.75) is 6.42 Å². The Morgan fingerprint density at radius 1 is 1.30 bits per heavy atom. The molecule has 1 aromatic carbocycles. The van der Waals surface area contributed by atoms with E-state index in [0.717, 1.165) is 11.0 Å². The predicted octanol–water partition coefficient (Wildman–Crippen LogP) is 1.88. The Bertz CT molecular complexity index is 551. The lowest BCUT2D eigenvalue weighted by Crippen LogP contribution is -2.42. The van der Waals surface area contributed by atoms with Crippen LogP contribution in [-0.4, -0.2) is 36.6 Å². The van der Waals surface area contributed by atoms with Crippen LogP contribution in [0.1, 0.15) is 6.42 Å². The van der Waals surface area contributed by atoms with Gasteiger partial charge in [0.05, 0.1) is 12.3 Å². The quantitative estimate of drug-likeness (QED) is 0.864. The number of anilines is 1. The second-order valence-corrected chi connectivity index (χ2v) is 4.16. The Balaban J connectivity index is 2.01. The fraction of sp³-hybridized carbons (Fsp3) is 0.333. The van der Waals surface area contributed by atoms with Crippen molar-refractivity contribution in [1.82, 2.24) is 4.90 Å². The number of amides is 2. The van der Waals surface area contributed by atoms with E-state index in [1.54, 1.807) is 0 Å². The molecular formula is C12H11F3N2O3. The van der Waals surface area contributed by atoms with Gasteiger partial charge in [-0.05, 0) is 18.6 Å². The summed E-state index contributed by atoms with van der Waals surface area (Å²) in [5, 5.41) is 2.08. The van der Waals surface area contributed by atoms with Crippen LogP contribution in [0.4, 0.5) is 23.7 Å². The highest BCUT2D eigenvalue weighted by molar-refractivity contribution is 5.94. The number of carbonyl (C=O) groups is 2. The van der Waals surface area contributed by atoms with E-state index in [4.69, 9.17) is 4.74 Å². The molecule has 1 aliphatic heterocycles. The predicted molar refractivity (Wildman–Crippen MR) is 62.5 cm³/mol. The molecule has 0 aliphatic carbocycles.